The largest absolute Gasteiger partial charge is 0.445 e. The van der Waals surface area contributed by atoms with Gasteiger partial charge in [-0.3, -0.25) is 28.8 Å². The van der Waals surface area contributed by atoms with Gasteiger partial charge in [0.15, 0.2) is 0 Å². The number of amides is 8. The molecule has 0 unspecified atom stereocenters. The second kappa shape index (κ2) is 30.3. The molecule has 4 aliphatic rings. The van der Waals surface area contributed by atoms with Gasteiger partial charge in [-0.1, -0.05) is 109 Å². The molecule has 22 nitrogen and oxygen atoms in total. The molecule has 0 aliphatic carbocycles. The number of benzene rings is 4. The van der Waals surface area contributed by atoms with Crippen molar-refractivity contribution in [2.75, 3.05) is 64.1 Å². The average Bonchev–Trinajstić information content (AvgIpc) is 2.03. The van der Waals surface area contributed by atoms with Gasteiger partial charge in [0.05, 0.1) is 60.3 Å². The van der Waals surface area contributed by atoms with Gasteiger partial charge in [-0.25, -0.2) is 9.59 Å². The monoisotopic (exact) mass is 1180 g/mol. The van der Waals surface area contributed by atoms with Gasteiger partial charge in [-0.2, -0.15) is 0 Å². The van der Waals surface area contributed by atoms with Gasteiger partial charge >= 0.3 is 12.2 Å². The molecule has 4 aromatic carbocycles. The molecule has 12 atom stereocenters. The van der Waals surface area contributed by atoms with E-state index in [1.807, 2.05) is 72.8 Å². The number of rotatable bonds is 22. The lowest BCUT2D eigenvalue weighted by atomic mass is 9.97. The van der Waals surface area contributed by atoms with E-state index in [0.29, 0.717) is 24.2 Å². The second-order valence-electron chi connectivity index (χ2n) is 21.7. The van der Waals surface area contributed by atoms with Crippen LogP contribution in [0.5, 0.6) is 0 Å². The lowest BCUT2D eigenvalue weighted by Crippen LogP contribution is -2.59. The Morgan fingerprint density at radius 3 is 1.20 bits per heavy atom. The molecule has 4 heterocycles. The Labute approximate surface area is 501 Å². The van der Waals surface area contributed by atoms with Gasteiger partial charge in [-0.05, 0) is 102 Å². The fourth-order valence-electron chi connectivity index (χ4n) is 11.3. The minimum Gasteiger partial charge on any atom is -0.445 e. The summed E-state index contributed by atoms with van der Waals surface area (Å²) in [5.41, 5.74) is 2.68. The van der Waals surface area contributed by atoms with E-state index in [1.54, 1.807) is 100 Å². The van der Waals surface area contributed by atoms with E-state index in [0.717, 1.165) is 11.1 Å². The highest BCUT2D eigenvalue weighted by atomic mass is 16.6. The van der Waals surface area contributed by atoms with Crippen LogP contribution in [0, 0.1) is 35.5 Å². The summed E-state index contributed by atoms with van der Waals surface area (Å²) in [6.45, 7) is 6.51. The number of carbonyl (C=O) groups excluding carboxylic acids is 8. The van der Waals surface area contributed by atoms with Crippen molar-refractivity contribution >= 4 is 59.0 Å². The Balaban J connectivity index is 0.922. The summed E-state index contributed by atoms with van der Waals surface area (Å²) in [4.78, 5) is 119. The van der Waals surface area contributed by atoms with Gasteiger partial charge in [-0.15, -0.1) is 0 Å². The second-order valence-corrected chi connectivity index (χ2v) is 21.7. The van der Waals surface area contributed by atoms with E-state index >= 15 is 0 Å². The Morgan fingerprint density at radius 1 is 0.500 bits per heavy atom. The first-order chi connectivity index (χ1) is 41.6. The van der Waals surface area contributed by atoms with Crippen LogP contribution in [0.4, 0.5) is 21.0 Å². The third kappa shape index (κ3) is 15.7. The molecular weight excluding hydrogens is 1100 g/mol. The molecule has 4 aromatic rings. The van der Waals surface area contributed by atoms with Gasteiger partial charge in [0.1, 0.15) is 38.5 Å². The molecule has 4 fully saturated rings. The molecular formula is C64H76N10O12. The van der Waals surface area contributed by atoms with Crippen LogP contribution in [-0.2, 0) is 60.9 Å². The van der Waals surface area contributed by atoms with Crippen molar-refractivity contribution in [1.29, 1.82) is 0 Å². The SMILES string of the molecule is CN[C@@H](C)C(=O)N[C@H](C(=O)N1CC[C@@H]2[C@H]1[C@@H](C(=O)Nc1ccccc1)CN2C(=O)OCc1ccccc1)[C@@H](C)OCC#CC#CCO[C@H](C)[C@H](NC(=O)[C@H](C)NC)C(=O)N1CC[C@@H]2[C@H]1[C@@H](C(=O)Nc1ccccc1)CN2C(=O)OCc1ccccc1. The molecule has 6 N–H and O–H groups in total. The molecule has 22 heteroatoms. The molecule has 0 spiro atoms. The summed E-state index contributed by atoms with van der Waals surface area (Å²) < 4.78 is 23.6. The summed E-state index contributed by atoms with van der Waals surface area (Å²) >= 11 is 0. The number of anilines is 2. The lowest BCUT2D eigenvalue weighted by molar-refractivity contribution is -0.143. The molecule has 0 saturated carbocycles. The molecule has 454 valence electrons. The van der Waals surface area contributed by atoms with E-state index in [9.17, 15) is 38.4 Å². The normalized spacial score (nSPS) is 21.3. The van der Waals surface area contributed by atoms with Gasteiger partial charge in [0, 0.05) is 37.6 Å². The van der Waals surface area contributed by atoms with Crippen LogP contribution < -0.4 is 31.9 Å². The maximum absolute atomic E-state index is 14.9. The van der Waals surface area contributed by atoms with Crippen molar-refractivity contribution in [3.8, 4) is 23.7 Å². The summed E-state index contributed by atoms with van der Waals surface area (Å²) in [5, 5.41) is 17.4. The Bertz CT molecular complexity index is 2930. The topological polar surface area (TPSA) is 259 Å². The molecule has 4 saturated heterocycles. The summed E-state index contributed by atoms with van der Waals surface area (Å²) in [6, 6.07) is 29.8. The molecule has 4 aliphatic heterocycles. The Morgan fingerprint density at radius 2 is 0.849 bits per heavy atom. The highest BCUT2D eigenvalue weighted by molar-refractivity contribution is 5.97. The van der Waals surface area contributed by atoms with Crippen LogP contribution in [0.1, 0.15) is 51.7 Å². The van der Waals surface area contributed by atoms with Crippen molar-refractivity contribution in [2.24, 2.45) is 11.8 Å². The zero-order valence-electron chi connectivity index (χ0n) is 49.2. The molecule has 0 aromatic heterocycles. The standard InChI is InChI=1S/C64H76N10O12/c1-41(65-5)57(75)69-53(61(79)71-33-31-51-55(71)49(59(77)67-47-27-17-11-18-28-47)37-73(51)63(81)85-39-45-23-13-9-14-24-45)43(3)83-35-21-7-8-22-36-84-44(4)54(70-58(76)42(2)66-6)62(80)72-34-32-52-56(72)50(60(78)68-48-29-19-12-20-30-48)38-74(52)64(82)86-40-46-25-15-10-16-26-46/h9-20,23-30,41-44,49-56,65-66H,31-40H2,1-6H3,(H,67,77)(H,68,78)(H,69,75)(H,70,76)/t41-,42-,43+,44+,49-,50-,51+,52+,53-,54-,55+,56+/m0/s1. The van der Waals surface area contributed by atoms with Crippen LogP contribution in [0.15, 0.2) is 121 Å². The number of fused-ring (bicyclic) bond motifs is 2. The quantitative estimate of drug-likeness (QED) is 0.0614. The third-order valence-electron chi connectivity index (χ3n) is 16.2. The predicted molar refractivity (Wildman–Crippen MR) is 319 cm³/mol. The number of carbonyl (C=O) groups is 8. The smallest absolute Gasteiger partial charge is 0.410 e. The molecule has 0 radical (unpaired) electrons. The fourth-order valence-corrected chi connectivity index (χ4v) is 11.3. The third-order valence-corrected chi connectivity index (χ3v) is 16.2. The molecule has 8 amide bonds. The van der Waals surface area contributed by atoms with Gasteiger partial charge in [0.25, 0.3) is 0 Å². The Kier molecular flexibility index (Phi) is 22.3. The zero-order valence-corrected chi connectivity index (χ0v) is 49.2. The maximum Gasteiger partial charge on any atom is 0.410 e. The lowest BCUT2D eigenvalue weighted by Gasteiger charge is -2.33. The van der Waals surface area contributed by atoms with Crippen LogP contribution in [0.25, 0.3) is 0 Å². The minimum atomic E-state index is -1.23. The van der Waals surface area contributed by atoms with Gasteiger partial charge in [0.2, 0.25) is 35.4 Å². The fraction of sp³-hybridized carbons (Fsp3) is 0.438. The first-order valence-electron chi connectivity index (χ1n) is 29.0. The van der Waals surface area contributed by atoms with Crippen molar-refractivity contribution < 1.29 is 57.3 Å². The zero-order chi connectivity index (χ0) is 61.3. The number of nitrogens with zero attached hydrogens (tertiary/aromatic N) is 4. The van der Waals surface area contributed by atoms with Crippen LogP contribution in [0.2, 0.25) is 0 Å². The molecule has 8 rings (SSSR count). The predicted octanol–water partition coefficient (Wildman–Crippen LogP) is 3.74. The van der Waals surface area contributed by atoms with Gasteiger partial charge < -0.3 is 70.4 Å². The van der Waals surface area contributed by atoms with Crippen molar-refractivity contribution in [2.45, 2.75) is 114 Å². The first-order valence-corrected chi connectivity index (χ1v) is 29.0. The number of likely N-dealkylation sites (N-methyl/N-ethyl adjacent to an activating group) is 2. The minimum absolute atomic E-state index is 0.00989. The number of likely N-dealkylation sites (tertiary alicyclic amines) is 4. The summed E-state index contributed by atoms with van der Waals surface area (Å²) in [5.74, 6) is 6.66. The average molecular weight is 1180 g/mol. The number of hydrogen-bond acceptors (Lipinski definition) is 14. The highest BCUT2D eigenvalue weighted by Gasteiger charge is 2.57. The first kappa shape index (κ1) is 63.2. The van der Waals surface area contributed by atoms with Crippen molar-refractivity contribution in [3.63, 3.8) is 0 Å². The molecule has 86 heavy (non-hydrogen) atoms. The van der Waals surface area contributed by atoms with Crippen LogP contribution in [-0.4, -0.2) is 181 Å². The number of nitrogens with one attached hydrogen (secondary N) is 6. The van der Waals surface area contributed by atoms with E-state index < -0.39 is 108 Å². The summed E-state index contributed by atoms with van der Waals surface area (Å²) in [7, 11) is 3.23. The number of para-hydroxylation sites is 2. The van der Waals surface area contributed by atoms with E-state index in [-0.39, 0.29) is 64.4 Å². The number of hydrogen-bond donors (Lipinski definition) is 6. The van der Waals surface area contributed by atoms with Crippen LogP contribution >= 0.6 is 0 Å². The van der Waals surface area contributed by atoms with Crippen molar-refractivity contribution in [1.82, 2.24) is 40.9 Å². The maximum atomic E-state index is 14.9. The van der Waals surface area contributed by atoms with E-state index in [1.165, 1.54) is 9.80 Å². The van der Waals surface area contributed by atoms with E-state index in [4.69, 9.17) is 18.9 Å². The number of ether oxygens (including phenoxy) is 4. The van der Waals surface area contributed by atoms with Crippen LogP contribution in [0.3, 0.4) is 0 Å². The van der Waals surface area contributed by atoms with E-state index in [2.05, 4.69) is 55.6 Å². The molecule has 0 bridgehead atoms. The Hall–Kier alpha value is -8.80. The van der Waals surface area contributed by atoms with Crippen molar-refractivity contribution in [3.05, 3.63) is 132 Å². The highest BCUT2D eigenvalue weighted by Crippen LogP contribution is 2.39. The summed E-state index contributed by atoms with van der Waals surface area (Å²) in [6.07, 6.45) is -2.40.